The number of nitrogens with zero attached hydrogens (tertiary/aromatic N) is 1. The van der Waals surface area contributed by atoms with Crippen molar-refractivity contribution in [1.29, 1.82) is 0 Å². The number of sulfonamides is 1. The molecule has 0 aromatic heterocycles. The molecular weight excluding hydrogens is 332 g/mol. The van der Waals surface area contributed by atoms with E-state index in [0.29, 0.717) is 18.8 Å². The molecule has 1 aromatic rings. The molecule has 24 heavy (non-hydrogen) atoms. The second-order valence-corrected chi connectivity index (χ2v) is 8.01. The lowest BCUT2D eigenvalue weighted by Gasteiger charge is -2.16. The second kappa shape index (κ2) is 6.90. The number of anilines is 1. The van der Waals surface area contributed by atoms with Crippen LogP contribution in [-0.4, -0.2) is 44.3 Å². The maximum atomic E-state index is 12.5. The van der Waals surface area contributed by atoms with E-state index < -0.39 is 15.9 Å². The second-order valence-electron chi connectivity index (χ2n) is 6.07. The van der Waals surface area contributed by atoms with E-state index in [0.717, 1.165) is 25.7 Å². The van der Waals surface area contributed by atoms with E-state index in [-0.39, 0.29) is 23.4 Å². The molecule has 2 fully saturated rings. The Hall–Kier alpha value is -1.93. The third-order valence-corrected chi connectivity index (χ3v) is 5.97. The van der Waals surface area contributed by atoms with Crippen molar-refractivity contribution in [3.63, 3.8) is 0 Å². The van der Waals surface area contributed by atoms with E-state index in [4.69, 9.17) is 4.74 Å². The fourth-order valence-corrected chi connectivity index (χ4v) is 4.15. The summed E-state index contributed by atoms with van der Waals surface area (Å²) in [5.74, 6) is -0.901. The highest BCUT2D eigenvalue weighted by molar-refractivity contribution is 7.89. The molecule has 0 atom stereocenters. The third-order valence-electron chi connectivity index (χ3n) is 4.08. The number of ether oxygens (including phenoxy) is 1. The summed E-state index contributed by atoms with van der Waals surface area (Å²) in [5, 5.41) is 2.56. The quantitative estimate of drug-likeness (QED) is 0.781. The first-order chi connectivity index (χ1) is 11.5. The molecule has 1 heterocycles. The number of carbonyl (C=O) groups is 2. The molecule has 0 bridgehead atoms. The van der Waals surface area contributed by atoms with Gasteiger partial charge in [-0.15, -0.1) is 0 Å². The zero-order chi connectivity index (χ0) is 17.2. The van der Waals surface area contributed by atoms with E-state index in [1.807, 2.05) is 0 Å². The van der Waals surface area contributed by atoms with Crippen LogP contribution in [0.5, 0.6) is 0 Å². The Kier molecular flexibility index (Phi) is 4.86. The standard InChI is InChI=1S/C16H20N2O5S/c19-15(11-23-16(20)12-6-7-12)17-13-4-3-5-14(10-13)24(21,22)18-8-1-2-9-18/h3-5,10,12H,1-2,6-9,11H2,(H,17,19). The van der Waals surface area contributed by atoms with Gasteiger partial charge in [-0.05, 0) is 43.9 Å². The maximum Gasteiger partial charge on any atom is 0.309 e. The van der Waals surface area contributed by atoms with Crippen molar-refractivity contribution in [1.82, 2.24) is 4.31 Å². The molecule has 1 aliphatic heterocycles. The molecule has 0 unspecified atom stereocenters. The lowest BCUT2D eigenvalue weighted by Crippen LogP contribution is -2.28. The number of benzene rings is 1. The summed E-state index contributed by atoms with van der Waals surface area (Å²) in [4.78, 5) is 23.4. The van der Waals surface area contributed by atoms with Crippen LogP contribution in [0.3, 0.4) is 0 Å². The van der Waals surface area contributed by atoms with Gasteiger partial charge in [0.15, 0.2) is 6.61 Å². The molecule has 1 aliphatic carbocycles. The van der Waals surface area contributed by atoms with Crippen molar-refractivity contribution < 1.29 is 22.7 Å². The molecule has 1 N–H and O–H groups in total. The molecule has 1 saturated heterocycles. The van der Waals surface area contributed by atoms with Crippen molar-refractivity contribution in [2.45, 2.75) is 30.6 Å². The summed E-state index contributed by atoms with van der Waals surface area (Å²) in [5.41, 5.74) is 0.364. The van der Waals surface area contributed by atoms with Crippen LogP contribution in [0.4, 0.5) is 5.69 Å². The summed E-state index contributed by atoms with van der Waals surface area (Å²) in [7, 11) is -3.53. The first-order valence-electron chi connectivity index (χ1n) is 8.03. The van der Waals surface area contributed by atoms with E-state index in [1.165, 1.54) is 16.4 Å². The van der Waals surface area contributed by atoms with E-state index in [2.05, 4.69) is 5.32 Å². The Bertz CT molecular complexity index is 737. The summed E-state index contributed by atoms with van der Waals surface area (Å²) >= 11 is 0. The molecule has 1 aromatic carbocycles. The molecule has 1 saturated carbocycles. The Morgan fingerprint density at radius 3 is 2.58 bits per heavy atom. The predicted molar refractivity (Wildman–Crippen MR) is 86.7 cm³/mol. The van der Waals surface area contributed by atoms with Gasteiger partial charge in [0.05, 0.1) is 10.8 Å². The Morgan fingerprint density at radius 1 is 1.21 bits per heavy atom. The molecule has 130 valence electrons. The van der Waals surface area contributed by atoms with Crippen LogP contribution < -0.4 is 5.32 Å². The molecule has 1 amide bonds. The minimum atomic E-state index is -3.53. The largest absolute Gasteiger partial charge is 0.455 e. The topological polar surface area (TPSA) is 92.8 Å². The Labute approximate surface area is 141 Å². The van der Waals surface area contributed by atoms with Crippen LogP contribution in [0.15, 0.2) is 29.2 Å². The van der Waals surface area contributed by atoms with Gasteiger partial charge < -0.3 is 10.1 Å². The predicted octanol–water partition coefficient (Wildman–Crippen LogP) is 1.36. The first kappa shape index (κ1) is 16.9. The average Bonchev–Trinajstić information content (AvgIpc) is 3.26. The highest BCUT2D eigenvalue weighted by Crippen LogP contribution is 2.30. The van der Waals surface area contributed by atoms with Crippen molar-refractivity contribution >= 4 is 27.6 Å². The van der Waals surface area contributed by atoms with Crippen LogP contribution in [-0.2, 0) is 24.3 Å². The highest BCUT2D eigenvalue weighted by Gasteiger charge is 2.31. The zero-order valence-electron chi connectivity index (χ0n) is 13.2. The smallest absolute Gasteiger partial charge is 0.309 e. The van der Waals surface area contributed by atoms with E-state index in [9.17, 15) is 18.0 Å². The lowest BCUT2D eigenvalue weighted by molar-refractivity contribution is -0.148. The van der Waals surface area contributed by atoms with Crippen LogP contribution in [0.25, 0.3) is 0 Å². The molecular formula is C16H20N2O5S. The van der Waals surface area contributed by atoms with Crippen molar-refractivity contribution in [3.8, 4) is 0 Å². The van der Waals surface area contributed by atoms with Gasteiger partial charge >= 0.3 is 5.97 Å². The van der Waals surface area contributed by atoms with E-state index in [1.54, 1.807) is 12.1 Å². The zero-order valence-corrected chi connectivity index (χ0v) is 14.0. The number of hydrogen-bond acceptors (Lipinski definition) is 5. The van der Waals surface area contributed by atoms with Crippen molar-refractivity contribution in [3.05, 3.63) is 24.3 Å². The van der Waals surface area contributed by atoms with Crippen molar-refractivity contribution in [2.75, 3.05) is 25.0 Å². The summed E-state index contributed by atoms with van der Waals surface area (Å²) < 4.78 is 31.4. The Balaban J connectivity index is 1.62. The van der Waals surface area contributed by atoms with Crippen LogP contribution in [0.2, 0.25) is 0 Å². The van der Waals surface area contributed by atoms with Gasteiger partial charge in [-0.2, -0.15) is 4.31 Å². The number of esters is 1. The van der Waals surface area contributed by atoms with Crippen molar-refractivity contribution in [2.24, 2.45) is 5.92 Å². The van der Waals surface area contributed by atoms with Gasteiger partial charge in [-0.1, -0.05) is 6.07 Å². The third kappa shape index (κ3) is 3.93. The van der Waals surface area contributed by atoms with Gasteiger partial charge in [-0.3, -0.25) is 9.59 Å². The van der Waals surface area contributed by atoms with Crippen LogP contribution in [0, 0.1) is 5.92 Å². The SMILES string of the molecule is O=C(COC(=O)C1CC1)Nc1cccc(S(=O)(=O)N2CCCC2)c1. The number of amides is 1. The van der Waals surface area contributed by atoms with Gasteiger partial charge in [0.2, 0.25) is 10.0 Å². The first-order valence-corrected chi connectivity index (χ1v) is 9.47. The molecule has 8 heteroatoms. The minimum Gasteiger partial charge on any atom is -0.455 e. The van der Waals surface area contributed by atoms with Gasteiger partial charge in [-0.25, -0.2) is 8.42 Å². The van der Waals surface area contributed by atoms with Gasteiger partial charge in [0.25, 0.3) is 5.91 Å². The fraction of sp³-hybridized carbons (Fsp3) is 0.500. The highest BCUT2D eigenvalue weighted by atomic mass is 32.2. The lowest BCUT2D eigenvalue weighted by atomic mass is 10.3. The van der Waals surface area contributed by atoms with E-state index >= 15 is 0 Å². The Morgan fingerprint density at radius 2 is 1.92 bits per heavy atom. The normalized spacial score (nSPS) is 18.3. The summed E-state index contributed by atoms with van der Waals surface area (Å²) in [6, 6.07) is 6.11. The average molecular weight is 352 g/mol. The number of nitrogens with one attached hydrogen (secondary N) is 1. The molecule has 2 aliphatic rings. The molecule has 3 rings (SSSR count). The monoisotopic (exact) mass is 352 g/mol. The van der Waals surface area contributed by atoms with Gasteiger partial charge in [0.1, 0.15) is 0 Å². The molecule has 0 spiro atoms. The van der Waals surface area contributed by atoms with Crippen LogP contribution in [0.1, 0.15) is 25.7 Å². The van der Waals surface area contributed by atoms with Crippen LogP contribution >= 0.6 is 0 Å². The summed E-state index contributed by atoms with van der Waals surface area (Å²) in [6.45, 7) is 0.685. The fourth-order valence-electron chi connectivity index (χ4n) is 2.58. The number of hydrogen-bond donors (Lipinski definition) is 1. The number of rotatable bonds is 6. The number of carbonyl (C=O) groups excluding carboxylic acids is 2. The minimum absolute atomic E-state index is 0.0632. The molecule has 7 nitrogen and oxygen atoms in total. The maximum absolute atomic E-state index is 12.5. The summed E-state index contributed by atoms with van der Waals surface area (Å²) in [6.07, 6.45) is 3.36. The molecule has 0 radical (unpaired) electrons. The van der Waals surface area contributed by atoms with Gasteiger partial charge in [0, 0.05) is 18.8 Å².